The standard InChI is InChI=1S/C23H23BrClF2N3O3/c1-11(2)22(9-23(26,27)10-22)29-21(33)19(31)17-12(3)18(30(5)13(17)4)20(32)28-14-6-7-15(24)16(25)8-14/h6-8H,1,9-10H2,2-5H3,(H,28,32)(H,29,33). The summed E-state index contributed by atoms with van der Waals surface area (Å²) in [7, 11) is 1.60. The van der Waals surface area contributed by atoms with Gasteiger partial charge in [0, 0.05) is 35.7 Å². The Morgan fingerprint density at radius 1 is 1.21 bits per heavy atom. The quantitative estimate of drug-likeness (QED) is 0.293. The van der Waals surface area contributed by atoms with Gasteiger partial charge in [0.2, 0.25) is 0 Å². The second-order valence-electron chi connectivity index (χ2n) is 8.43. The normalized spacial score (nSPS) is 16.0. The SMILES string of the molecule is C=C(C)C1(NC(=O)C(=O)c2c(C)c(C(=O)Nc3ccc(Br)c(Cl)c3)n(C)c2C)CC(F)(F)C1. The number of hydrogen-bond donors (Lipinski definition) is 2. The lowest BCUT2D eigenvalue weighted by molar-refractivity contribution is -0.137. The summed E-state index contributed by atoms with van der Waals surface area (Å²) < 4.78 is 29.2. The number of halogens is 4. The molecule has 1 aromatic carbocycles. The fraction of sp³-hybridized carbons (Fsp3) is 0.348. The summed E-state index contributed by atoms with van der Waals surface area (Å²) in [5, 5.41) is 5.59. The third-order valence-corrected chi connectivity index (χ3v) is 7.28. The highest BCUT2D eigenvalue weighted by Gasteiger charge is 2.58. The van der Waals surface area contributed by atoms with E-state index in [2.05, 4.69) is 33.1 Å². The Labute approximate surface area is 203 Å². The van der Waals surface area contributed by atoms with Gasteiger partial charge >= 0.3 is 0 Å². The number of hydrogen-bond acceptors (Lipinski definition) is 3. The molecule has 0 saturated heterocycles. The number of nitrogens with one attached hydrogen (secondary N) is 2. The van der Waals surface area contributed by atoms with Gasteiger partial charge in [-0.3, -0.25) is 14.4 Å². The Kier molecular flexibility index (Phi) is 6.61. The van der Waals surface area contributed by atoms with Crippen LogP contribution in [0.3, 0.4) is 0 Å². The zero-order valence-electron chi connectivity index (χ0n) is 18.5. The van der Waals surface area contributed by atoms with E-state index in [1.54, 1.807) is 39.1 Å². The largest absolute Gasteiger partial charge is 0.343 e. The zero-order chi connectivity index (χ0) is 24.9. The number of carbonyl (C=O) groups is 3. The average Bonchev–Trinajstić information content (AvgIpc) is 2.90. The Morgan fingerprint density at radius 3 is 2.33 bits per heavy atom. The van der Waals surface area contributed by atoms with E-state index in [0.717, 1.165) is 0 Å². The number of aromatic nitrogens is 1. The maximum atomic E-state index is 13.5. The number of benzene rings is 1. The molecular formula is C23H23BrClF2N3O3. The van der Waals surface area contributed by atoms with Crippen LogP contribution in [0.1, 0.15) is 51.9 Å². The molecule has 1 aliphatic rings. The number of ketones is 1. The molecule has 0 radical (unpaired) electrons. The van der Waals surface area contributed by atoms with E-state index in [1.165, 1.54) is 11.5 Å². The molecule has 2 aromatic rings. The predicted molar refractivity (Wildman–Crippen MR) is 126 cm³/mol. The summed E-state index contributed by atoms with van der Waals surface area (Å²) in [5.41, 5.74) is 0.419. The summed E-state index contributed by atoms with van der Waals surface area (Å²) in [4.78, 5) is 38.7. The second-order valence-corrected chi connectivity index (χ2v) is 9.69. The van der Waals surface area contributed by atoms with Crippen molar-refractivity contribution in [2.24, 2.45) is 7.05 Å². The summed E-state index contributed by atoms with van der Waals surface area (Å²) in [6, 6.07) is 4.91. The first-order valence-electron chi connectivity index (χ1n) is 10.0. The average molecular weight is 543 g/mol. The van der Waals surface area contributed by atoms with Gasteiger partial charge in [0.15, 0.2) is 0 Å². The van der Waals surface area contributed by atoms with Gasteiger partial charge in [-0.2, -0.15) is 0 Å². The molecule has 176 valence electrons. The van der Waals surface area contributed by atoms with Crippen molar-refractivity contribution >= 4 is 50.8 Å². The van der Waals surface area contributed by atoms with Gasteiger partial charge in [-0.25, -0.2) is 8.78 Å². The molecule has 0 atom stereocenters. The molecule has 6 nitrogen and oxygen atoms in total. The van der Waals surface area contributed by atoms with E-state index < -0.39 is 41.9 Å². The van der Waals surface area contributed by atoms with Crippen LogP contribution < -0.4 is 10.6 Å². The van der Waals surface area contributed by atoms with Gasteiger partial charge in [-0.05, 0) is 60.5 Å². The smallest absolute Gasteiger partial charge is 0.293 e. The summed E-state index contributed by atoms with van der Waals surface area (Å²) in [6.45, 7) is 8.40. The number of amides is 2. The van der Waals surface area contributed by atoms with E-state index in [0.29, 0.717) is 32.0 Å². The first-order valence-corrected chi connectivity index (χ1v) is 11.2. The van der Waals surface area contributed by atoms with Crippen molar-refractivity contribution in [1.29, 1.82) is 0 Å². The third-order valence-electron chi connectivity index (χ3n) is 6.05. The molecule has 10 heteroatoms. The van der Waals surface area contributed by atoms with Crippen molar-refractivity contribution in [3.8, 4) is 0 Å². The summed E-state index contributed by atoms with van der Waals surface area (Å²) in [6.07, 6.45) is -1.21. The van der Waals surface area contributed by atoms with Gasteiger partial charge in [-0.15, -0.1) is 0 Å². The minimum Gasteiger partial charge on any atom is -0.343 e. The van der Waals surface area contributed by atoms with Crippen molar-refractivity contribution in [3.63, 3.8) is 0 Å². The topological polar surface area (TPSA) is 80.2 Å². The number of carbonyl (C=O) groups excluding carboxylic acids is 3. The molecular weight excluding hydrogens is 520 g/mol. The van der Waals surface area contributed by atoms with Crippen LogP contribution in [0, 0.1) is 13.8 Å². The van der Waals surface area contributed by atoms with Crippen molar-refractivity contribution < 1.29 is 23.2 Å². The highest BCUT2D eigenvalue weighted by molar-refractivity contribution is 9.10. The summed E-state index contributed by atoms with van der Waals surface area (Å²) >= 11 is 9.36. The van der Waals surface area contributed by atoms with E-state index in [4.69, 9.17) is 11.6 Å². The maximum Gasteiger partial charge on any atom is 0.293 e. The van der Waals surface area contributed by atoms with Crippen molar-refractivity contribution in [3.05, 3.63) is 62.4 Å². The molecule has 1 heterocycles. The molecule has 0 unspecified atom stereocenters. The van der Waals surface area contributed by atoms with Gasteiger partial charge in [0.05, 0.1) is 16.1 Å². The van der Waals surface area contributed by atoms with Gasteiger partial charge in [0.1, 0.15) is 5.69 Å². The first-order chi connectivity index (χ1) is 15.2. The van der Waals surface area contributed by atoms with Gasteiger partial charge in [-0.1, -0.05) is 23.8 Å². The zero-order valence-corrected chi connectivity index (χ0v) is 20.9. The number of Topliss-reactive ketones (excluding diaryl/α,β-unsaturated/α-hetero) is 1. The summed E-state index contributed by atoms with van der Waals surface area (Å²) in [5.74, 6) is -5.33. The Balaban J connectivity index is 1.87. The lowest BCUT2D eigenvalue weighted by Crippen LogP contribution is -2.63. The van der Waals surface area contributed by atoms with E-state index >= 15 is 0 Å². The number of alkyl halides is 2. The Bertz CT molecular complexity index is 1200. The molecule has 0 bridgehead atoms. The van der Waals surface area contributed by atoms with Gasteiger partial charge < -0.3 is 15.2 Å². The van der Waals surface area contributed by atoms with Crippen LogP contribution in [0.5, 0.6) is 0 Å². The molecule has 33 heavy (non-hydrogen) atoms. The van der Waals surface area contributed by atoms with Crippen LogP contribution >= 0.6 is 27.5 Å². The Morgan fingerprint density at radius 2 is 1.82 bits per heavy atom. The van der Waals surface area contributed by atoms with Crippen LogP contribution in [0.4, 0.5) is 14.5 Å². The first kappa shape index (κ1) is 25.1. The van der Waals surface area contributed by atoms with Crippen LogP contribution in [0.15, 0.2) is 34.8 Å². The molecule has 0 spiro atoms. The van der Waals surface area contributed by atoms with Crippen LogP contribution in [0.2, 0.25) is 5.02 Å². The molecule has 1 fully saturated rings. The monoisotopic (exact) mass is 541 g/mol. The fourth-order valence-corrected chi connectivity index (χ4v) is 4.54. The third kappa shape index (κ3) is 4.61. The molecule has 1 aliphatic carbocycles. The van der Waals surface area contributed by atoms with Gasteiger partial charge in [0.25, 0.3) is 23.5 Å². The molecule has 1 aromatic heterocycles. The minimum atomic E-state index is -2.92. The predicted octanol–water partition coefficient (Wildman–Crippen LogP) is 5.35. The molecule has 1 saturated carbocycles. The number of anilines is 1. The van der Waals surface area contributed by atoms with E-state index in [9.17, 15) is 23.2 Å². The lowest BCUT2D eigenvalue weighted by Gasteiger charge is -2.48. The van der Waals surface area contributed by atoms with Crippen molar-refractivity contribution in [2.45, 2.75) is 45.1 Å². The molecule has 2 amide bonds. The molecule has 2 N–H and O–H groups in total. The number of nitrogens with zero attached hydrogens (tertiary/aromatic N) is 1. The maximum absolute atomic E-state index is 13.5. The fourth-order valence-electron chi connectivity index (χ4n) is 4.11. The lowest BCUT2D eigenvalue weighted by atomic mass is 9.69. The number of rotatable bonds is 6. The van der Waals surface area contributed by atoms with Crippen molar-refractivity contribution in [2.75, 3.05) is 5.32 Å². The van der Waals surface area contributed by atoms with Crippen LogP contribution in [-0.2, 0) is 11.8 Å². The van der Waals surface area contributed by atoms with Crippen LogP contribution in [-0.4, -0.2) is 33.6 Å². The van der Waals surface area contributed by atoms with Crippen molar-refractivity contribution in [1.82, 2.24) is 9.88 Å². The second kappa shape index (κ2) is 8.68. The van der Waals surface area contributed by atoms with Crippen LogP contribution in [0.25, 0.3) is 0 Å². The van der Waals surface area contributed by atoms with E-state index in [1.807, 2.05) is 0 Å². The highest BCUT2D eigenvalue weighted by atomic mass is 79.9. The molecule has 3 rings (SSSR count). The highest BCUT2D eigenvalue weighted by Crippen LogP contribution is 2.49. The minimum absolute atomic E-state index is 0.0527. The molecule has 0 aliphatic heterocycles. The van der Waals surface area contributed by atoms with E-state index in [-0.39, 0.29) is 11.3 Å². The Hall–Kier alpha value is -2.52.